The Morgan fingerprint density at radius 1 is 1.10 bits per heavy atom. The fourth-order valence-corrected chi connectivity index (χ4v) is 3.13. The van der Waals surface area contributed by atoms with Gasteiger partial charge in [0, 0.05) is 6.42 Å². The predicted molar refractivity (Wildman–Crippen MR) is 79.2 cm³/mol. The SMILES string of the molecule is CC(N)(Cc1ccc2c(c1)OCCO2)N1CCCCC1. The maximum Gasteiger partial charge on any atom is 0.161 e. The van der Waals surface area contributed by atoms with E-state index < -0.39 is 0 Å². The largest absolute Gasteiger partial charge is 0.486 e. The van der Waals surface area contributed by atoms with Crippen LogP contribution in [0.2, 0.25) is 0 Å². The lowest BCUT2D eigenvalue weighted by Gasteiger charge is -2.41. The van der Waals surface area contributed by atoms with Crippen LogP contribution in [0.3, 0.4) is 0 Å². The molecule has 0 amide bonds. The summed E-state index contributed by atoms with van der Waals surface area (Å²) < 4.78 is 11.2. The summed E-state index contributed by atoms with van der Waals surface area (Å²) in [5.41, 5.74) is 7.48. The van der Waals surface area contributed by atoms with Crippen molar-refractivity contribution in [1.29, 1.82) is 0 Å². The van der Waals surface area contributed by atoms with E-state index in [1.54, 1.807) is 0 Å². The van der Waals surface area contributed by atoms with E-state index in [1.807, 2.05) is 6.07 Å². The molecular formula is C16H24N2O2. The second-order valence-electron chi connectivity index (χ2n) is 6.06. The number of likely N-dealkylation sites (tertiary alicyclic amines) is 1. The van der Waals surface area contributed by atoms with E-state index in [1.165, 1.54) is 24.8 Å². The normalized spacial score (nSPS) is 22.3. The molecule has 2 heterocycles. The molecule has 0 aromatic heterocycles. The second-order valence-corrected chi connectivity index (χ2v) is 6.06. The minimum Gasteiger partial charge on any atom is -0.486 e. The summed E-state index contributed by atoms with van der Waals surface area (Å²) in [7, 11) is 0. The number of fused-ring (bicyclic) bond motifs is 1. The lowest BCUT2D eigenvalue weighted by Crippen LogP contribution is -2.56. The molecule has 4 nitrogen and oxygen atoms in total. The van der Waals surface area contributed by atoms with E-state index >= 15 is 0 Å². The predicted octanol–water partition coefficient (Wildman–Crippen LogP) is 2.16. The Hall–Kier alpha value is -1.26. The van der Waals surface area contributed by atoms with Crippen LogP contribution in [0.4, 0.5) is 0 Å². The van der Waals surface area contributed by atoms with E-state index in [0.717, 1.165) is 31.0 Å². The van der Waals surface area contributed by atoms with Crippen molar-refractivity contribution in [2.75, 3.05) is 26.3 Å². The number of nitrogens with zero attached hydrogens (tertiary/aromatic N) is 1. The highest BCUT2D eigenvalue weighted by molar-refractivity contribution is 5.44. The molecule has 0 spiro atoms. The maximum absolute atomic E-state index is 6.55. The van der Waals surface area contributed by atoms with Gasteiger partial charge in [-0.25, -0.2) is 0 Å². The summed E-state index contributed by atoms with van der Waals surface area (Å²) in [6, 6.07) is 6.17. The average Bonchev–Trinajstić information content (AvgIpc) is 2.48. The van der Waals surface area contributed by atoms with Gasteiger partial charge in [0.25, 0.3) is 0 Å². The second kappa shape index (κ2) is 5.62. The molecule has 110 valence electrons. The molecule has 0 bridgehead atoms. The van der Waals surface area contributed by atoms with Crippen LogP contribution in [-0.4, -0.2) is 36.9 Å². The zero-order chi connectivity index (χ0) is 14.0. The third-order valence-corrected chi connectivity index (χ3v) is 4.25. The lowest BCUT2D eigenvalue weighted by molar-refractivity contribution is 0.0854. The van der Waals surface area contributed by atoms with Crippen molar-refractivity contribution >= 4 is 0 Å². The summed E-state index contributed by atoms with van der Waals surface area (Å²) in [4.78, 5) is 2.41. The van der Waals surface area contributed by atoms with Crippen molar-refractivity contribution in [3.63, 3.8) is 0 Å². The smallest absolute Gasteiger partial charge is 0.161 e. The molecule has 3 rings (SSSR count). The molecule has 0 saturated carbocycles. The van der Waals surface area contributed by atoms with Gasteiger partial charge in [-0.1, -0.05) is 12.5 Å². The molecule has 1 aromatic carbocycles. The van der Waals surface area contributed by atoms with Gasteiger partial charge in [0.2, 0.25) is 0 Å². The van der Waals surface area contributed by atoms with Crippen LogP contribution in [0.5, 0.6) is 11.5 Å². The minimum atomic E-state index is -0.288. The summed E-state index contributed by atoms with van der Waals surface area (Å²) in [6.07, 6.45) is 4.68. The Bertz CT molecular complexity index is 468. The first-order valence-electron chi connectivity index (χ1n) is 7.58. The molecule has 1 atom stereocenters. The van der Waals surface area contributed by atoms with Crippen LogP contribution in [0.25, 0.3) is 0 Å². The van der Waals surface area contributed by atoms with Gasteiger partial charge >= 0.3 is 0 Å². The first-order chi connectivity index (χ1) is 9.65. The molecule has 1 unspecified atom stereocenters. The van der Waals surface area contributed by atoms with Gasteiger partial charge in [-0.2, -0.15) is 0 Å². The van der Waals surface area contributed by atoms with Gasteiger partial charge in [0.1, 0.15) is 13.2 Å². The fourth-order valence-electron chi connectivity index (χ4n) is 3.13. The standard InChI is InChI=1S/C16H24N2O2/c1-16(17,18-7-3-2-4-8-18)12-13-5-6-14-15(11-13)20-10-9-19-14/h5-6,11H,2-4,7-10,12,17H2,1H3. The fraction of sp³-hybridized carbons (Fsp3) is 0.625. The molecule has 2 aliphatic rings. The highest BCUT2D eigenvalue weighted by atomic mass is 16.6. The van der Waals surface area contributed by atoms with Gasteiger partial charge in [0.05, 0.1) is 5.66 Å². The highest BCUT2D eigenvalue weighted by Crippen LogP contribution is 2.32. The Balaban J connectivity index is 1.72. The Morgan fingerprint density at radius 3 is 2.55 bits per heavy atom. The van der Waals surface area contributed by atoms with Crippen molar-refractivity contribution in [3.8, 4) is 11.5 Å². The van der Waals surface area contributed by atoms with Crippen LogP contribution in [-0.2, 0) is 6.42 Å². The first kappa shape index (κ1) is 13.7. The number of piperidine rings is 1. The Morgan fingerprint density at radius 2 is 1.80 bits per heavy atom. The zero-order valence-electron chi connectivity index (χ0n) is 12.2. The van der Waals surface area contributed by atoms with Crippen molar-refractivity contribution in [3.05, 3.63) is 23.8 Å². The van der Waals surface area contributed by atoms with Gasteiger partial charge in [0.15, 0.2) is 11.5 Å². The van der Waals surface area contributed by atoms with Gasteiger partial charge in [-0.05, 0) is 50.6 Å². The Kier molecular flexibility index (Phi) is 3.85. The van der Waals surface area contributed by atoms with E-state index in [9.17, 15) is 0 Å². The van der Waals surface area contributed by atoms with Crippen molar-refractivity contribution in [2.45, 2.75) is 38.3 Å². The molecule has 1 saturated heterocycles. The van der Waals surface area contributed by atoms with E-state index in [2.05, 4.69) is 24.0 Å². The summed E-state index contributed by atoms with van der Waals surface area (Å²) >= 11 is 0. The van der Waals surface area contributed by atoms with E-state index in [0.29, 0.717) is 13.2 Å². The molecule has 2 N–H and O–H groups in total. The molecule has 0 radical (unpaired) electrons. The maximum atomic E-state index is 6.55. The van der Waals surface area contributed by atoms with Gasteiger partial charge in [-0.3, -0.25) is 4.90 Å². The molecule has 2 aliphatic heterocycles. The first-order valence-corrected chi connectivity index (χ1v) is 7.58. The monoisotopic (exact) mass is 276 g/mol. The minimum absolute atomic E-state index is 0.288. The quantitative estimate of drug-likeness (QED) is 0.919. The lowest BCUT2D eigenvalue weighted by atomic mass is 9.97. The van der Waals surface area contributed by atoms with Gasteiger partial charge in [-0.15, -0.1) is 0 Å². The summed E-state index contributed by atoms with van der Waals surface area (Å²) in [5.74, 6) is 1.69. The van der Waals surface area contributed by atoms with Crippen LogP contribution in [0.1, 0.15) is 31.7 Å². The molecule has 1 aromatic rings. The zero-order valence-corrected chi connectivity index (χ0v) is 12.2. The molecule has 0 aliphatic carbocycles. The molecule has 20 heavy (non-hydrogen) atoms. The van der Waals surface area contributed by atoms with Crippen molar-refractivity contribution < 1.29 is 9.47 Å². The third-order valence-electron chi connectivity index (χ3n) is 4.25. The summed E-state index contributed by atoms with van der Waals surface area (Å²) in [5, 5.41) is 0. The highest BCUT2D eigenvalue weighted by Gasteiger charge is 2.29. The number of benzene rings is 1. The number of nitrogens with two attached hydrogens (primary N) is 1. The molecular weight excluding hydrogens is 252 g/mol. The van der Waals surface area contributed by atoms with Crippen molar-refractivity contribution in [1.82, 2.24) is 4.90 Å². The van der Waals surface area contributed by atoms with Gasteiger partial charge < -0.3 is 15.2 Å². The van der Waals surface area contributed by atoms with E-state index in [-0.39, 0.29) is 5.66 Å². The van der Waals surface area contributed by atoms with Crippen LogP contribution in [0, 0.1) is 0 Å². The number of rotatable bonds is 3. The topological polar surface area (TPSA) is 47.7 Å². The third kappa shape index (κ3) is 2.91. The molecule has 1 fully saturated rings. The Labute approximate surface area is 120 Å². The van der Waals surface area contributed by atoms with Crippen LogP contribution in [0.15, 0.2) is 18.2 Å². The number of hydrogen-bond donors (Lipinski definition) is 1. The average molecular weight is 276 g/mol. The van der Waals surface area contributed by atoms with Crippen LogP contribution < -0.4 is 15.2 Å². The number of ether oxygens (including phenoxy) is 2. The number of hydrogen-bond acceptors (Lipinski definition) is 4. The summed E-state index contributed by atoms with van der Waals surface area (Å²) in [6.45, 7) is 5.61. The van der Waals surface area contributed by atoms with Crippen molar-refractivity contribution in [2.24, 2.45) is 5.73 Å². The van der Waals surface area contributed by atoms with E-state index in [4.69, 9.17) is 15.2 Å². The van der Waals surface area contributed by atoms with Crippen LogP contribution >= 0.6 is 0 Å². The molecule has 4 heteroatoms.